The molecule has 6 atom stereocenters. The van der Waals surface area contributed by atoms with Crippen LogP contribution in [0.25, 0.3) is 88.2 Å². The monoisotopic (exact) mass is 1950 g/mol. The van der Waals surface area contributed by atoms with E-state index in [0.717, 1.165) is 32.7 Å². The molecule has 0 saturated heterocycles. The van der Waals surface area contributed by atoms with Crippen LogP contribution >= 0.6 is 0 Å². The van der Waals surface area contributed by atoms with Gasteiger partial charge in [0.25, 0.3) is 23.3 Å². The molecule has 0 radical (unpaired) electrons. The normalized spacial score (nSPS) is 12.9. The molecule has 6 aromatic heterocycles. The number of fused-ring (bicyclic) bond motifs is 5. The first-order valence-corrected chi connectivity index (χ1v) is 42.9. The second-order valence-electron chi connectivity index (χ2n) is 32.2. The van der Waals surface area contributed by atoms with E-state index in [0.29, 0.717) is 141 Å². The van der Waals surface area contributed by atoms with E-state index in [2.05, 4.69) is 45.9 Å². The number of nitrogens with one attached hydrogen (secondary N) is 6. The van der Waals surface area contributed by atoms with E-state index in [1.54, 1.807) is 136 Å². The molecule has 0 bridgehead atoms. The molecule has 3 amide bonds. The quantitative estimate of drug-likeness (QED) is 0.0151. The molecule has 0 spiro atoms. The lowest BCUT2D eigenvalue weighted by Gasteiger charge is -2.22. The van der Waals surface area contributed by atoms with Crippen molar-refractivity contribution in [2.24, 2.45) is 7.05 Å². The van der Waals surface area contributed by atoms with Gasteiger partial charge in [-0.25, -0.2) is 59.5 Å². The predicted octanol–water partition coefficient (Wildman–Crippen LogP) is 19.5. The minimum atomic E-state index is -4.68. The van der Waals surface area contributed by atoms with Crippen LogP contribution in [-0.2, 0) is 54.9 Å². The van der Waals surface area contributed by atoms with E-state index >= 15 is 0 Å². The zero-order chi connectivity index (χ0) is 102. The van der Waals surface area contributed by atoms with E-state index in [4.69, 9.17) is 14.2 Å². The molecule has 0 saturated carbocycles. The first kappa shape index (κ1) is 103. The molecule has 14 aromatic rings. The molecule has 0 aliphatic heterocycles. The van der Waals surface area contributed by atoms with Crippen LogP contribution in [0.15, 0.2) is 187 Å². The Morgan fingerprint density at radius 3 is 1.05 bits per heavy atom. The second kappa shape index (κ2) is 43.5. The number of alkyl halides is 9. The number of anilines is 4. The van der Waals surface area contributed by atoms with Crippen LogP contribution in [0.2, 0.25) is 0 Å². The summed E-state index contributed by atoms with van der Waals surface area (Å²) < 4.78 is 253. The smallest absolute Gasteiger partial charge is 0.408 e. The van der Waals surface area contributed by atoms with Crippen LogP contribution in [0.4, 0.5) is 97.4 Å². The minimum absolute atomic E-state index is 0.185. The minimum Gasteiger partial charge on any atom is -0.467 e. The van der Waals surface area contributed by atoms with E-state index in [9.17, 15) is 108 Å². The Balaban J connectivity index is 0.000000188. The molecule has 6 N–H and O–H groups in total. The second-order valence-corrected chi connectivity index (χ2v) is 32.2. The maximum atomic E-state index is 15.0. The summed E-state index contributed by atoms with van der Waals surface area (Å²) in [5, 5.41) is 15.6. The fraction of sp³-hybridized carbons (Fsp3) is 0.263. The summed E-state index contributed by atoms with van der Waals surface area (Å²) in [5.74, 6) is -15.9. The summed E-state index contributed by atoms with van der Waals surface area (Å²) >= 11 is 0. The third-order valence-electron chi connectivity index (χ3n) is 23.0. The van der Waals surface area contributed by atoms with Crippen molar-refractivity contribution in [3.8, 4) is 33.6 Å². The molecule has 0 unspecified atom stereocenters. The van der Waals surface area contributed by atoms with Gasteiger partial charge in [0.15, 0.2) is 5.82 Å². The van der Waals surface area contributed by atoms with E-state index in [1.807, 2.05) is 41.9 Å². The van der Waals surface area contributed by atoms with Crippen molar-refractivity contribution in [3.63, 3.8) is 0 Å². The molecular weight excluding hydrogens is 1870 g/mol. The molecule has 41 heteroatoms. The van der Waals surface area contributed by atoms with Crippen molar-refractivity contribution in [2.45, 2.75) is 128 Å². The number of rotatable bonds is 28. The van der Waals surface area contributed by atoms with Gasteiger partial charge in [-0.05, 0) is 153 Å². The first-order valence-electron chi connectivity index (χ1n) is 42.9. The summed E-state index contributed by atoms with van der Waals surface area (Å²) in [6.07, 6.45) is -9.64. The highest BCUT2D eigenvalue weighted by Gasteiger charge is 2.42. The number of halogens is 17. The Morgan fingerprint density at radius 1 is 0.393 bits per heavy atom. The lowest BCUT2D eigenvalue weighted by molar-refractivity contribution is -0.143. The molecule has 140 heavy (non-hydrogen) atoms. The van der Waals surface area contributed by atoms with Gasteiger partial charge in [0.05, 0.1) is 60.2 Å². The highest BCUT2D eigenvalue weighted by atomic mass is 19.4. The highest BCUT2D eigenvalue weighted by molar-refractivity contribution is 6.05. The van der Waals surface area contributed by atoms with Gasteiger partial charge in [0, 0.05) is 149 Å². The summed E-state index contributed by atoms with van der Waals surface area (Å²) in [6.45, 7) is 7.35. The SMILES string of the molecule is CC[C@@H](Nc1cc(F)c(C(=O)N[C@@H](Cc2ccc(-c3cc(N(C)C)c(C)n(C)c3=O)c3ncccc23)C(=O)OC)c(F)c1)C(F)(F)F.CC[C@@H](Nc1cc(F)c(C(=O)N[C@@H](Cc2ccc(-c3ccc(F)c4cccnc34)c3ncccc23)C(=O)OC)c(F)c1)C(F)(F)F.CC[C@@H](Nc1cc(F)c(C(=O)N[C@@H](Cc2ccc(-c3nc(C)c4ccc(F)cc4n3)c3ncccc23)C(=O)OC)c(F)c1)C(F)(F)F. The average molecular weight is 1960 g/mol. The molecule has 732 valence electrons. The van der Waals surface area contributed by atoms with Crippen LogP contribution in [0.5, 0.6) is 0 Å². The number of ether oxygens (including phenoxy) is 3. The lowest BCUT2D eigenvalue weighted by atomic mass is 9.94. The number of carbonyl (C=O) groups excluding carboxylic acids is 6. The van der Waals surface area contributed by atoms with Crippen LogP contribution in [0.1, 0.15) is 99.2 Å². The Hall–Kier alpha value is -15.5. The molecule has 0 fully saturated rings. The van der Waals surface area contributed by atoms with Crippen molar-refractivity contribution in [1.82, 2.24) is 50.4 Å². The number of aryl methyl sites for hydroxylation is 1. The number of methoxy groups -OCH3 is 3. The third kappa shape index (κ3) is 23.2. The van der Waals surface area contributed by atoms with Gasteiger partial charge in [0.1, 0.15) is 99.5 Å². The maximum Gasteiger partial charge on any atom is 0.408 e. The standard InChI is InChI=1S/C33H27F6N5O3.C33H26F6N4O3.C33H34F5N5O4/c1-4-27(33(37,38)39)42-19-14-23(35)28(24(36)15-19)31(45)44-26(32(46)47-3)12-17-7-9-22(29-21(17)6-5-11-40-29)30-41-16(2)20-10-8-18(34)13-25(20)43-30;1-3-27(33(37,38)39)42-18-15-24(35)28(25(36)16-18)31(44)43-26(32(45)46-2)14-17-8-9-20(29-19(17)6-4-12-40-29)21-10-11-23(34)22-7-5-13-41-30(21)22;1-7-27(33(36,37)38)40-19-14-23(34)28(24(35)15-19)30(44)41-25(32(46)47-6)13-18-10-11-21(29-20(18)9-8-12-39-29)22-16-26(42(3)4)17(2)43(5)31(22)45/h5-11,13-15,26-27,42H,4,12H2,1-3H3,(H,44,45);4-13,15-16,26-27,42H,3,14H2,1-2H3,(H,43,44);8-12,14-16,25,27,40H,7,13H2,1-6H3,(H,41,44)/t2*26-,27+;25-,27+/m000/s1. The summed E-state index contributed by atoms with van der Waals surface area (Å²) in [7, 11) is 8.60. The number of nitrogens with zero attached hydrogens (tertiary/aromatic N) is 8. The van der Waals surface area contributed by atoms with Crippen molar-refractivity contribution >= 4 is 113 Å². The van der Waals surface area contributed by atoms with Gasteiger partial charge in [-0.15, -0.1) is 0 Å². The predicted molar refractivity (Wildman–Crippen MR) is 490 cm³/mol. The molecule has 6 heterocycles. The molecular formula is C99H87F17N14O10. The fourth-order valence-electron chi connectivity index (χ4n) is 15.9. The topological polar surface area (TPSA) is 305 Å². The zero-order valence-corrected chi connectivity index (χ0v) is 76.1. The van der Waals surface area contributed by atoms with Crippen LogP contribution < -0.4 is 42.4 Å². The lowest BCUT2D eigenvalue weighted by Crippen LogP contribution is -2.43. The Bertz CT molecular complexity index is 7100. The van der Waals surface area contributed by atoms with Crippen LogP contribution in [0, 0.1) is 60.4 Å². The van der Waals surface area contributed by atoms with E-state index in [1.165, 1.54) is 49.7 Å². The van der Waals surface area contributed by atoms with Crippen molar-refractivity contribution in [2.75, 3.05) is 56.3 Å². The van der Waals surface area contributed by atoms with Crippen molar-refractivity contribution < 1.29 is 118 Å². The number of pyridine rings is 5. The number of aromatic nitrogens is 7. The molecule has 14 rings (SSSR count). The van der Waals surface area contributed by atoms with Crippen molar-refractivity contribution in [3.05, 3.63) is 284 Å². The fourth-order valence-corrected chi connectivity index (χ4v) is 15.9. The largest absolute Gasteiger partial charge is 0.467 e. The van der Waals surface area contributed by atoms with Gasteiger partial charge >= 0.3 is 36.4 Å². The Morgan fingerprint density at radius 2 is 0.714 bits per heavy atom. The molecule has 0 aliphatic rings. The third-order valence-corrected chi connectivity index (χ3v) is 23.0. The molecule has 24 nitrogen and oxygen atoms in total. The van der Waals surface area contributed by atoms with Crippen LogP contribution in [0.3, 0.4) is 0 Å². The summed E-state index contributed by atoms with van der Waals surface area (Å²) in [5.41, 5.74) is 3.47. The van der Waals surface area contributed by atoms with Gasteiger partial charge in [-0.3, -0.25) is 39.1 Å². The average Bonchev–Trinajstić information content (AvgIpc) is 0.763. The van der Waals surface area contributed by atoms with Gasteiger partial charge in [-0.1, -0.05) is 69.3 Å². The number of carbonyl (C=O) groups is 6. The molecule has 8 aromatic carbocycles. The van der Waals surface area contributed by atoms with Gasteiger partial charge in [-0.2, -0.15) is 39.5 Å². The number of esters is 3. The number of hydrogen-bond acceptors (Lipinski definition) is 20. The van der Waals surface area contributed by atoms with Crippen molar-refractivity contribution in [1.29, 1.82) is 0 Å². The highest BCUT2D eigenvalue weighted by Crippen LogP contribution is 2.40. The summed E-state index contributed by atoms with van der Waals surface area (Å²) in [4.78, 5) is 120. The van der Waals surface area contributed by atoms with E-state index in [-0.39, 0.29) is 30.6 Å². The maximum absolute atomic E-state index is 15.0. The number of amides is 3. The molecule has 0 aliphatic carbocycles. The zero-order valence-electron chi connectivity index (χ0n) is 76.1. The first-order chi connectivity index (χ1) is 66.3. The number of hydrogen-bond donors (Lipinski definition) is 6. The van der Waals surface area contributed by atoms with Crippen LogP contribution in [-0.4, -0.2) is 160 Å². The summed E-state index contributed by atoms with van der Waals surface area (Å²) in [6, 6.07) is 25.2. The Kier molecular flexibility index (Phi) is 32.1. The van der Waals surface area contributed by atoms with E-state index < -0.39 is 190 Å². The number of benzene rings is 8. The van der Waals surface area contributed by atoms with Gasteiger partial charge < -0.3 is 55.6 Å². The Labute approximate surface area is 786 Å². The van der Waals surface area contributed by atoms with Gasteiger partial charge in [0.2, 0.25) is 0 Å².